The molecule has 1 heteroatoms. The van der Waals surface area contributed by atoms with Gasteiger partial charge in [-0.3, -0.25) is 0 Å². The van der Waals surface area contributed by atoms with Crippen molar-refractivity contribution in [3.05, 3.63) is 23.3 Å². The average molecular weight is 623 g/mol. The number of ether oxygens (including phenoxy) is 1. The molecule has 2 fully saturated rings. The van der Waals surface area contributed by atoms with E-state index in [1.807, 2.05) is 0 Å². The van der Waals surface area contributed by atoms with E-state index < -0.39 is 0 Å². The summed E-state index contributed by atoms with van der Waals surface area (Å²) in [7, 11) is 0. The second kappa shape index (κ2) is 21.4. The third-order valence-electron chi connectivity index (χ3n) is 13.8. The molecule has 0 bridgehead atoms. The Morgan fingerprint density at radius 1 is 0.556 bits per heavy atom. The molecule has 0 aromatic heterocycles. The lowest BCUT2D eigenvalue weighted by atomic mass is 9.70. The zero-order valence-corrected chi connectivity index (χ0v) is 31.0. The Hall–Kier alpha value is -0.560. The molecule has 4 aliphatic carbocycles. The maximum absolute atomic E-state index is 6.11. The second-order valence-electron chi connectivity index (χ2n) is 17.1. The predicted molar refractivity (Wildman–Crippen MR) is 198 cm³/mol. The van der Waals surface area contributed by atoms with Crippen LogP contribution in [0.25, 0.3) is 0 Å². The van der Waals surface area contributed by atoms with Gasteiger partial charge in [0.05, 0.1) is 0 Å². The fourth-order valence-electron chi connectivity index (χ4n) is 9.85. The largest absolute Gasteiger partial charge is 0.381 e. The molecule has 4 atom stereocenters. The zero-order valence-electron chi connectivity index (χ0n) is 31.0. The highest BCUT2D eigenvalue weighted by atomic mass is 16.5. The number of rotatable bonds is 20. The van der Waals surface area contributed by atoms with Gasteiger partial charge in [0, 0.05) is 13.2 Å². The number of allylic oxidation sites excluding steroid dienone is 4. The van der Waals surface area contributed by atoms with E-state index in [0.29, 0.717) is 0 Å². The topological polar surface area (TPSA) is 9.23 Å². The zero-order chi connectivity index (χ0) is 31.7. The molecule has 1 nitrogen and oxygen atoms in total. The highest BCUT2D eigenvalue weighted by molar-refractivity contribution is 5.08. The molecule has 4 rings (SSSR count). The van der Waals surface area contributed by atoms with Gasteiger partial charge in [-0.2, -0.15) is 0 Å². The molecule has 0 aliphatic heterocycles. The molecule has 0 N–H and O–H groups in total. The Morgan fingerprint density at radius 2 is 0.978 bits per heavy atom. The molecule has 0 aromatic carbocycles. The minimum atomic E-state index is 0.933. The number of hydrogen-bond donors (Lipinski definition) is 0. The molecule has 0 radical (unpaired) electrons. The van der Waals surface area contributed by atoms with E-state index in [0.717, 1.165) is 60.6 Å². The van der Waals surface area contributed by atoms with E-state index in [-0.39, 0.29) is 0 Å². The van der Waals surface area contributed by atoms with Crippen molar-refractivity contribution in [3.8, 4) is 0 Å². The monoisotopic (exact) mass is 623 g/mol. The first-order chi connectivity index (χ1) is 22.0. The van der Waals surface area contributed by atoms with Crippen LogP contribution in [-0.2, 0) is 4.74 Å². The van der Waals surface area contributed by atoms with Crippen molar-refractivity contribution in [2.24, 2.45) is 47.3 Å². The van der Waals surface area contributed by atoms with Gasteiger partial charge in [-0.05, 0) is 137 Å². The lowest BCUT2D eigenvalue weighted by Crippen LogP contribution is -2.23. The van der Waals surface area contributed by atoms with E-state index >= 15 is 0 Å². The first kappa shape index (κ1) is 37.3. The van der Waals surface area contributed by atoms with Gasteiger partial charge >= 0.3 is 0 Å². The Bertz CT molecular complexity index is 754. The smallest absolute Gasteiger partial charge is 0.0469 e. The third kappa shape index (κ3) is 13.8. The van der Waals surface area contributed by atoms with Crippen LogP contribution in [0.5, 0.6) is 0 Å². The van der Waals surface area contributed by atoms with E-state index in [1.54, 1.807) is 11.1 Å². The van der Waals surface area contributed by atoms with Gasteiger partial charge in [0.15, 0.2) is 0 Å². The van der Waals surface area contributed by atoms with Gasteiger partial charge in [0.2, 0.25) is 0 Å². The van der Waals surface area contributed by atoms with Crippen LogP contribution in [0.15, 0.2) is 23.3 Å². The summed E-state index contributed by atoms with van der Waals surface area (Å²) < 4.78 is 6.11. The maximum atomic E-state index is 6.11. The highest BCUT2D eigenvalue weighted by Gasteiger charge is 2.29. The van der Waals surface area contributed by atoms with Crippen LogP contribution < -0.4 is 0 Å². The van der Waals surface area contributed by atoms with Crippen LogP contribution in [0, 0.1) is 47.3 Å². The van der Waals surface area contributed by atoms with Crippen molar-refractivity contribution in [2.45, 2.75) is 195 Å². The molecule has 0 heterocycles. The standard InChI is InChI=1S/C44H78O/c1-5-35(3)11-7-13-37-17-25-41(26-18-37)43-29-21-39(22-30-43)15-9-33-45-34-10-16-40-23-31-44(32-24-40)42-27-19-38(20-28-42)14-8-12-36(4)6-2/h21,23,35-38,41-44H,5-20,22,24-34H2,1-4H3. The lowest BCUT2D eigenvalue weighted by Gasteiger charge is -2.35. The summed E-state index contributed by atoms with van der Waals surface area (Å²) in [6.07, 6.45) is 42.5. The summed E-state index contributed by atoms with van der Waals surface area (Å²) in [5.74, 6) is 7.97. The molecule has 0 saturated heterocycles. The van der Waals surface area contributed by atoms with Crippen molar-refractivity contribution < 1.29 is 4.74 Å². The van der Waals surface area contributed by atoms with Crippen LogP contribution in [0.3, 0.4) is 0 Å². The normalized spacial score (nSPS) is 30.8. The van der Waals surface area contributed by atoms with E-state index in [2.05, 4.69) is 39.8 Å². The van der Waals surface area contributed by atoms with Gasteiger partial charge in [0.1, 0.15) is 0 Å². The molecular formula is C44H78O. The van der Waals surface area contributed by atoms with Crippen molar-refractivity contribution in [3.63, 3.8) is 0 Å². The van der Waals surface area contributed by atoms with E-state index in [4.69, 9.17) is 4.74 Å². The Kier molecular flexibility index (Phi) is 17.7. The minimum Gasteiger partial charge on any atom is -0.381 e. The summed E-state index contributed by atoms with van der Waals surface area (Å²) in [5.41, 5.74) is 3.48. The van der Waals surface area contributed by atoms with Crippen molar-refractivity contribution in [1.29, 1.82) is 0 Å². The van der Waals surface area contributed by atoms with Crippen LogP contribution in [-0.4, -0.2) is 13.2 Å². The molecule has 4 unspecified atom stereocenters. The van der Waals surface area contributed by atoms with Crippen LogP contribution in [0.4, 0.5) is 0 Å². The van der Waals surface area contributed by atoms with Crippen molar-refractivity contribution in [1.82, 2.24) is 0 Å². The summed E-state index contributed by atoms with van der Waals surface area (Å²) in [4.78, 5) is 0. The van der Waals surface area contributed by atoms with Gasteiger partial charge in [-0.25, -0.2) is 0 Å². The molecule has 2 saturated carbocycles. The Morgan fingerprint density at radius 3 is 1.33 bits per heavy atom. The van der Waals surface area contributed by atoms with Crippen molar-refractivity contribution in [2.75, 3.05) is 13.2 Å². The molecule has 0 aromatic rings. The van der Waals surface area contributed by atoms with E-state index in [1.165, 1.54) is 167 Å². The summed E-state index contributed by atoms with van der Waals surface area (Å²) in [5, 5.41) is 0. The fourth-order valence-corrected chi connectivity index (χ4v) is 9.85. The quantitative estimate of drug-likeness (QED) is 0.0969. The first-order valence-corrected chi connectivity index (χ1v) is 21.0. The fraction of sp³-hybridized carbons (Fsp3) is 0.909. The SMILES string of the molecule is CCC(C)CCCC1CCC(C2CC=C(CCCOCCCC3=CCC(C4CCC(CCCC(C)CC)CC4)CC3)CC2)CC1. The third-order valence-corrected chi connectivity index (χ3v) is 13.8. The van der Waals surface area contributed by atoms with Gasteiger partial charge in [0.25, 0.3) is 0 Å². The van der Waals surface area contributed by atoms with Gasteiger partial charge < -0.3 is 4.74 Å². The summed E-state index contributed by atoms with van der Waals surface area (Å²) in [6.45, 7) is 11.5. The van der Waals surface area contributed by atoms with Crippen LogP contribution in [0.1, 0.15) is 195 Å². The van der Waals surface area contributed by atoms with Gasteiger partial charge in [-0.15, -0.1) is 0 Å². The molecule has 260 valence electrons. The maximum Gasteiger partial charge on any atom is 0.0469 e. The molecule has 4 aliphatic rings. The van der Waals surface area contributed by atoms with E-state index in [9.17, 15) is 0 Å². The van der Waals surface area contributed by atoms with Crippen LogP contribution in [0.2, 0.25) is 0 Å². The first-order valence-electron chi connectivity index (χ1n) is 21.0. The van der Waals surface area contributed by atoms with Gasteiger partial charge in [-0.1, -0.05) is 128 Å². The Labute approximate surface area is 282 Å². The summed E-state index contributed by atoms with van der Waals surface area (Å²) in [6, 6.07) is 0. The molecule has 0 spiro atoms. The number of hydrogen-bond acceptors (Lipinski definition) is 1. The highest BCUT2D eigenvalue weighted by Crippen LogP contribution is 2.43. The molecular weight excluding hydrogens is 544 g/mol. The Balaban J connectivity index is 0.968. The average Bonchev–Trinajstić information content (AvgIpc) is 3.09. The molecule has 0 amide bonds. The summed E-state index contributed by atoms with van der Waals surface area (Å²) >= 11 is 0. The van der Waals surface area contributed by atoms with Crippen LogP contribution >= 0.6 is 0 Å². The predicted octanol–water partition coefficient (Wildman–Crippen LogP) is 14.1. The second-order valence-corrected chi connectivity index (χ2v) is 17.1. The lowest BCUT2D eigenvalue weighted by molar-refractivity contribution is 0.128. The minimum absolute atomic E-state index is 0.933. The molecule has 45 heavy (non-hydrogen) atoms. The van der Waals surface area contributed by atoms with Crippen molar-refractivity contribution >= 4 is 0 Å².